The van der Waals surface area contributed by atoms with Crippen LogP contribution in [0.4, 0.5) is 0 Å². The summed E-state index contributed by atoms with van der Waals surface area (Å²) >= 11 is 0. The van der Waals surface area contributed by atoms with E-state index in [-0.39, 0.29) is 6.71 Å². The van der Waals surface area contributed by atoms with Crippen LogP contribution in [0.5, 0.6) is 23.0 Å². The number of aromatic nitrogens is 1. The fourth-order valence-corrected chi connectivity index (χ4v) is 5.15. The van der Waals surface area contributed by atoms with E-state index in [0.717, 1.165) is 62.1 Å². The van der Waals surface area contributed by atoms with Crippen molar-refractivity contribution in [2.75, 3.05) is 0 Å². The number of fused-ring (bicyclic) bond motifs is 6. The fraction of sp³-hybridized carbons (Fsp3) is 0.0741. The first kappa shape index (κ1) is 17.7. The first-order valence-electron chi connectivity index (χ1n) is 10.8. The Balaban J connectivity index is 1.59. The maximum Gasteiger partial charge on any atom is 0.350 e. The molecule has 0 unspecified atom stereocenters. The summed E-state index contributed by atoms with van der Waals surface area (Å²) in [5.41, 5.74) is 7.25. The number of para-hydroxylation sites is 3. The van der Waals surface area contributed by atoms with Crippen LogP contribution in [0.3, 0.4) is 0 Å². The molecule has 0 radical (unpaired) electrons. The first-order valence-corrected chi connectivity index (χ1v) is 10.8. The van der Waals surface area contributed by atoms with Crippen LogP contribution in [0.25, 0.3) is 16.8 Å². The predicted molar refractivity (Wildman–Crippen MR) is 125 cm³/mol. The van der Waals surface area contributed by atoms with Crippen LogP contribution >= 0.6 is 0 Å². The highest BCUT2D eigenvalue weighted by Gasteiger charge is 2.43. The molecule has 4 aromatic carbocycles. The number of aryl methyl sites for hydroxylation is 2. The van der Waals surface area contributed by atoms with Gasteiger partial charge in [-0.2, -0.15) is 0 Å². The van der Waals surface area contributed by atoms with Gasteiger partial charge in [0.15, 0.2) is 5.75 Å². The van der Waals surface area contributed by atoms with Gasteiger partial charge in [0, 0.05) is 17.1 Å². The second-order valence-electron chi connectivity index (χ2n) is 8.42. The molecule has 1 aromatic heterocycles. The number of ether oxygens (including phenoxy) is 2. The second-order valence-corrected chi connectivity index (χ2v) is 8.42. The number of benzene rings is 4. The molecule has 3 heterocycles. The van der Waals surface area contributed by atoms with Gasteiger partial charge in [-0.3, -0.25) is 0 Å². The average molecular weight is 416 g/mol. The van der Waals surface area contributed by atoms with E-state index in [1.54, 1.807) is 0 Å². The SMILES string of the molecule is Cc1ccccc1-[n+]1c(C)oc2c3c4c(cc21)Oc1ccccc1B4c1ccccc1O3. The molecule has 2 aliphatic heterocycles. The summed E-state index contributed by atoms with van der Waals surface area (Å²) in [7, 11) is 0. The number of oxazole rings is 1. The van der Waals surface area contributed by atoms with Crippen molar-refractivity contribution in [1.82, 2.24) is 0 Å². The zero-order chi connectivity index (χ0) is 21.4. The van der Waals surface area contributed by atoms with Crippen LogP contribution in [-0.2, 0) is 0 Å². The third kappa shape index (κ3) is 2.25. The third-order valence-corrected chi connectivity index (χ3v) is 6.56. The highest BCUT2D eigenvalue weighted by molar-refractivity contribution is 6.98. The van der Waals surface area contributed by atoms with Crippen molar-refractivity contribution < 1.29 is 18.5 Å². The molecule has 0 N–H and O–H groups in total. The van der Waals surface area contributed by atoms with Crippen LogP contribution < -0.4 is 30.4 Å². The summed E-state index contributed by atoms with van der Waals surface area (Å²) in [6, 6.07) is 26.9. The highest BCUT2D eigenvalue weighted by Crippen LogP contribution is 2.39. The van der Waals surface area contributed by atoms with E-state index >= 15 is 0 Å². The van der Waals surface area contributed by atoms with Gasteiger partial charge in [0.05, 0.1) is 13.0 Å². The summed E-state index contributed by atoms with van der Waals surface area (Å²) in [5, 5.41) is 0. The monoisotopic (exact) mass is 416 g/mol. The largest absolute Gasteiger partial charge is 0.458 e. The molecule has 5 heteroatoms. The first-order chi connectivity index (χ1) is 15.7. The lowest BCUT2D eigenvalue weighted by molar-refractivity contribution is -0.581. The molecule has 0 spiro atoms. The average Bonchev–Trinajstić information content (AvgIpc) is 3.15. The molecule has 0 fully saturated rings. The lowest BCUT2D eigenvalue weighted by atomic mass is 9.35. The van der Waals surface area contributed by atoms with Crippen molar-refractivity contribution in [2.45, 2.75) is 13.8 Å². The molecular formula is C27H19BNO3+. The summed E-state index contributed by atoms with van der Waals surface area (Å²) < 4.78 is 21.4. The van der Waals surface area contributed by atoms with E-state index in [0.29, 0.717) is 0 Å². The van der Waals surface area contributed by atoms with Gasteiger partial charge in [0.1, 0.15) is 17.2 Å². The van der Waals surface area contributed by atoms with Crippen molar-refractivity contribution in [1.29, 1.82) is 0 Å². The zero-order valence-electron chi connectivity index (χ0n) is 17.8. The molecule has 0 saturated carbocycles. The van der Waals surface area contributed by atoms with E-state index in [2.05, 4.69) is 54.0 Å². The minimum atomic E-state index is 0.0385. The summed E-state index contributed by atoms with van der Waals surface area (Å²) in [4.78, 5) is 0. The minimum Gasteiger partial charge on any atom is -0.458 e. The van der Waals surface area contributed by atoms with E-state index < -0.39 is 0 Å². The van der Waals surface area contributed by atoms with Crippen LogP contribution in [0.15, 0.2) is 83.3 Å². The molecule has 5 aromatic rings. The second kappa shape index (κ2) is 6.27. The molecule has 0 aliphatic carbocycles. The number of hydrogen-bond acceptors (Lipinski definition) is 3. The Bertz CT molecular complexity index is 1560. The van der Waals surface area contributed by atoms with Crippen LogP contribution in [0.1, 0.15) is 11.5 Å². The third-order valence-electron chi connectivity index (χ3n) is 6.56. The van der Waals surface area contributed by atoms with Gasteiger partial charge in [-0.05, 0) is 30.0 Å². The summed E-state index contributed by atoms with van der Waals surface area (Å²) in [6.45, 7) is 4.14. The van der Waals surface area contributed by atoms with Crippen molar-refractivity contribution in [3.8, 4) is 28.7 Å². The maximum atomic E-state index is 6.50. The molecule has 4 nitrogen and oxygen atoms in total. The number of nitrogens with zero attached hydrogens (tertiary/aromatic N) is 1. The molecular weight excluding hydrogens is 397 g/mol. The summed E-state index contributed by atoms with van der Waals surface area (Å²) in [5.74, 6) is 4.09. The van der Waals surface area contributed by atoms with Gasteiger partial charge in [0.25, 0.3) is 12.2 Å². The van der Waals surface area contributed by atoms with Gasteiger partial charge in [0.2, 0.25) is 11.3 Å². The normalized spacial score (nSPS) is 13.1. The Morgan fingerprint density at radius 1 is 0.719 bits per heavy atom. The van der Waals surface area contributed by atoms with Crippen molar-refractivity contribution in [3.63, 3.8) is 0 Å². The quantitative estimate of drug-likeness (QED) is 0.299. The predicted octanol–water partition coefficient (Wildman–Crippen LogP) is 4.05. The minimum absolute atomic E-state index is 0.0385. The van der Waals surface area contributed by atoms with Gasteiger partial charge >= 0.3 is 5.89 Å². The molecule has 2 aliphatic rings. The summed E-state index contributed by atoms with van der Waals surface area (Å²) in [6.07, 6.45) is 0. The lowest BCUT2D eigenvalue weighted by Crippen LogP contribution is -2.57. The van der Waals surface area contributed by atoms with Crippen molar-refractivity contribution in [3.05, 3.63) is 90.3 Å². The molecule has 0 atom stereocenters. The van der Waals surface area contributed by atoms with Gasteiger partial charge in [-0.15, -0.1) is 4.57 Å². The Morgan fingerprint density at radius 3 is 2.12 bits per heavy atom. The van der Waals surface area contributed by atoms with Crippen LogP contribution in [0.2, 0.25) is 0 Å². The Labute approximate surface area is 185 Å². The maximum absolute atomic E-state index is 6.50. The van der Waals surface area contributed by atoms with Gasteiger partial charge in [-0.1, -0.05) is 54.6 Å². The Morgan fingerprint density at radius 2 is 1.38 bits per heavy atom. The van der Waals surface area contributed by atoms with E-state index in [4.69, 9.17) is 13.9 Å². The molecule has 7 rings (SSSR count). The number of rotatable bonds is 1. The van der Waals surface area contributed by atoms with E-state index in [1.807, 2.05) is 43.3 Å². The molecule has 0 bridgehead atoms. The number of hydrogen-bond donors (Lipinski definition) is 0. The lowest BCUT2D eigenvalue weighted by Gasteiger charge is -2.32. The Hall–Kier alpha value is -3.99. The molecule has 152 valence electrons. The topological polar surface area (TPSA) is 35.5 Å². The van der Waals surface area contributed by atoms with Gasteiger partial charge in [-0.25, -0.2) is 0 Å². The van der Waals surface area contributed by atoms with Gasteiger partial charge < -0.3 is 13.9 Å². The van der Waals surface area contributed by atoms with Crippen molar-refractivity contribution in [2.24, 2.45) is 0 Å². The van der Waals surface area contributed by atoms with Crippen LogP contribution in [0, 0.1) is 13.8 Å². The fourth-order valence-electron chi connectivity index (χ4n) is 5.15. The highest BCUT2D eigenvalue weighted by atomic mass is 16.5. The van der Waals surface area contributed by atoms with Crippen LogP contribution in [-0.4, -0.2) is 6.71 Å². The molecule has 32 heavy (non-hydrogen) atoms. The molecule has 0 amide bonds. The Kier molecular flexibility index (Phi) is 3.46. The molecule has 0 saturated heterocycles. The standard InChI is InChI=1S/C27H19BNO3/c1-16-9-3-6-12-20(16)29-17(2)30-26-21(29)15-24-25-27(26)32-23-14-8-5-11-19(23)28(25)18-10-4-7-13-22(18)31-24/h3-15H,1-2H3/q+1. The van der Waals surface area contributed by atoms with E-state index in [1.165, 1.54) is 5.56 Å². The zero-order valence-corrected chi connectivity index (χ0v) is 17.8. The smallest absolute Gasteiger partial charge is 0.350 e. The van der Waals surface area contributed by atoms with Crippen molar-refractivity contribution >= 4 is 34.2 Å². The van der Waals surface area contributed by atoms with E-state index in [9.17, 15) is 0 Å².